The van der Waals surface area contributed by atoms with Crippen LogP contribution in [0.2, 0.25) is 0 Å². The quantitative estimate of drug-likeness (QED) is 0.804. The Morgan fingerprint density at radius 2 is 2.22 bits per heavy atom. The van der Waals surface area contributed by atoms with E-state index in [4.69, 9.17) is 5.73 Å². The number of para-hydroxylation sites is 1. The molecule has 1 atom stereocenters. The summed E-state index contributed by atoms with van der Waals surface area (Å²) in [6, 6.07) is 9.88. The number of anilines is 2. The molecule has 0 spiro atoms. The fraction of sp³-hybridized carbons (Fsp3) is 0.214. The van der Waals surface area contributed by atoms with E-state index >= 15 is 0 Å². The number of nitrogens with zero attached hydrogens (tertiary/aromatic N) is 1. The number of nitrogen functional groups attached to an aromatic ring is 1. The lowest BCUT2D eigenvalue weighted by molar-refractivity contribution is 0.0977. The van der Waals surface area contributed by atoms with Crippen LogP contribution in [0.25, 0.3) is 0 Å². The third-order valence-corrected chi connectivity index (χ3v) is 3.36. The number of aromatic amines is 1. The number of carbonyl (C=O) groups is 1. The average molecular weight is 241 g/mol. The van der Waals surface area contributed by atoms with Gasteiger partial charge in [-0.3, -0.25) is 4.79 Å². The maximum Gasteiger partial charge on any atom is 0.275 e. The largest absolute Gasteiger partial charge is 0.397 e. The predicted octanol–water partition coefficient (Wildman–Crippen LogP) is 2.19. The predicted molar refractivity (Wildman–Crippen MR) is 71.6 cm³/mol. The first-order valence-corrected chi connectivity index (χ1v) is 6.02. The van der Waals surface area contributed by atoms with E-state index in [1.54, 1.807) is 12.3 Å². The van der Waals surface area contributed by atoms with Crippen molar-refractivity contribution in [1.29, 1.82) is 0 Å². The molecule has 1 aliphatic rings. The van der Waals surface area contributed by atoms with Crippen molar-refractivity contribution in [3.05, 3.63) is 47.8 Å². The van der Waals surface area contributed by atoms with E-state index in [-0.39, 0.29) is 11.9 Å². The van der Waals surface area contributed by atoms with Crippen LogP contribution in [0.5, 0.6) is 0 Å². The Morgan fingerprint density at radius 3 is 2.94 bits per heavy atom. The minimum atomic E-state index is -0.0239. The second-order valence-corrected chi connectivity index (χ2v) is 4.70. The molecule has 0 saturated heterocycles. The zero-order chi connectivity index (χ0) is 12.7. The number of hydrogen-bond donors (Lipinski definition) is 2. The number of hydrogen-bond acceptors (Lipinski definition) is 2. The number of nitrogens with one attached hydrogen (secondary N) is 1. The lowest BCUT2D eigenvalue weighted by Gasteiger charge is -2.21. The number of rotatable bonds is 1. The van der Waals surface area contributed by atoms with Crippen molar-refractivity contribution >= 4 is 17.3 Å². The fourth-order valence-corrected chi connectivity index (χ4v) is 2.54. The van der Waals surface area contributed by atoms with Crippen molar-refractivity contribution < 1.29 is 4.79 Å². The topological polar surface area (TPSA) is 62.1 Å². The van der Waals surface area contributed by atoms with Crippen LogP contribution in [0.15, 0.2) is 36.5 Å². The second kappa shape index (κ2) is 3.91. The summed E-state index contributed by atoms with van der Waals surface area (Å²) in [4.78, 5) is 17.2. The highest BCUT2D eigenvalue weighted by atomic mass is 16.2. The molecule has 0 aliphatic carbocycles. The van der Waals surface area contributed by atoms with Crippen molar-refractivity contribution in [3.63, 3.8) is 0 Å². The summed E-state index contributed by atoms with van der Waals surface area (Å²) in [6.45, 7) is 2.06. The van der Waals surface area contributed by atoms with E-state index in [0.717, 1.165) is 12.1 Å². The van der Waals surface area contributed by atoms with E-state index in [2.05, 4.69) is 18.0 Å². The number of carbonyl (C=O) groups excluding carboxylic acids is 1. The van der Waals surface area contributed by atoms with Gasteiger partial charge in [-0.05, 0) is 31.0 Å². The zero-order valence-corrected chi connectivity index (χ0v) is 10.2. The summed E-state index contributed by atoms with van der Waals surface area (Å²) in [6.07, 6.45) is 2.54. The van der Waals surface area contributed by atoms with Gasteiger partial charge in [-0.1, -0.05) is 18.2 Å². The number of fused-ring (bicyclic) bond motifs is 1. The minimum Gasteiger partial charge on any atom is -0.397 e. The highest BCUT2D eigenvalue weighted by Crippen LogP contribution is 2.32. The molecule has 1 unspecified atom stereocenters. The first-order valence-electron chi connectivity index (χ1n) is 6.02. The van der Waals surface area contributed by atoms with Gasteiger partial charge in [0.25, 0.3) is 5.91 Å². The third kappa shape index (κ3) is 1.57. The van der Waals surface area contributed by atoms with E-state index in [9.17, 15) is 4.79 Å². The van der Waals surface area contributed by atoms with Crippen molar-refractivity contribution in [2.45, 2.75) is 19.4 Å². The lowest BCUT2D eigenvalue weighted by atomic mass is 10.1. The Hall–Kier alpha value is -2.23. The molecule has 4 nitrogen and oxygen atoms in total. The van der Waals surface area contributed by atoms with Crippen LogP contribution in [0.4, 0.5) is 11.4 Å². The molecule has 4 heteroatoms. The van der Waals surface area contributed by atoms with Crippen LogP contribution in [-0.2, 0) is 6.42 Å². The zero-order valence-electron chi connectivity index (χ0n) is 10.2. The fourth-order valence-electron chi connectivity index (χ4n) is 2.54. The van der Waals surface area contributed by atoms with E-state index in [0.29, 0.717) is 11.4 Å². The van der Waals surface area contributed by atoms with Gasteiger partial charge in [0, 0.05) is 23.6 Å². The molecular formula is C14H15N3O. The summed E-state index contributed by atoms with van der Waals surface area (Å²) in [5.74, 6) is -0.0239. The standard InChI is InChI=1S/C14H15N3O/c1-9-6-10-4-2-3-5-13(10)17(9)14(18)12-7-11(15)8-16-12/h2-5,7-9,16H,6,15H2,1H3. The van der Waals surface area contributed by atoms with Crippen LogP contribution in [0, 0.1) is 0 Å². The van der Waals surface area contributed by atoms with Gasteiger partial charge >= 0.3 is 0 Å². The Morgan fingerprint density at radius 1 is 1.44 bits per heavy atom. The average Bonchev–Trinajstić information content (AvgIpc) is 2.91. The molecule has 2 heterocycles. The van der Waals surface area contributed by atoms with Crippen LogP contribution in [-0.4, -0.2) is 16.9 Å². The number of nitrogens with two attached hydrogens (primary N) is 1. The first kappa shape index (κ1) is 10.9. The Balaban J connectivity index is 2.00. The van der Waals surface area contributed by atoms with Crippen LogP contribution >= 0.6 is 0 Å². The van der Waals surface area contributed by atoms with Gasteiger partial charge in [-0.15, -0.1) is 0 Å². The Bertz CT molecular complexity index is 603. The first-order chi connectivity index (χ1) is 8.66. The number of H-pyrrole nitrogens is 1. The molecule has 1 aromatic heterocycles. The Labute approximate surface area is 105 Å². The molecule has 18 heavy (non-hydrogen) atoms. The van der Waals surface area contributed by atoms with Crippen LogP contribution in [0.3, 0.4) is 0 Å². The molecule has 0 saturated carbocycles. The summed E-state index contributed by atoms with van der Waals surface area (Å²) in [5.41, 5.74) is 8.99. The van der Waals surface area contributed by atoms with Gasteiger partial charge in [0.15, 0.2) is 0 Å². The monoisotopic (exact) mass is 241 g/mol. The van der Waals surface area contributed by atoms with Gasteiger partial charge in [0.1, 0.15) is 5.69 Å². The molecule has 1 aromatic carbocycles. The summed E-state index contributed by atoms with van der Waals surface area (Å²) in [5, 5.41) is 0. The minimum absolute atomic E-state index is 0.0239. The molecule has 3 N–H and O–H groups in total. The maximum atomic E-state index is 12.5. The van der Waals surface area contributed by atoms with Crippen LogP contribution < -0.4 is 10.6 Å². The van der Waals surface area contributed by atoms with Gasteiger partial charge in [-0.2, -0.15) is 0 Å². The normalized spacial score (nSPS) is 17.8. The second-order valence-electron chi connectivity index (χ2n) is 4.70. The van der Waals surface area contributed by atoms with Gasteiger partial charge in [-0.25, -0.2) is 0 Å². The number of amides is 1. The Kier molecular flexibility index (Phi) is 2.37. The maximum absolute atomic E-state index is 12.5. The highest BCUT2D eigenvalue weighted by molar-refractivity contribution is 6.07. The lowest BCUT2D eigenvalue weighted by Crippen LogP contribution is -2.35. The molecular weight excluding hydrogens is 226 g/mol. The molecule has 0 bridgehead atoms. The third-order valence-electron chi connectivity index (χ3n) is 3.36. The van der Waals surface area contributed by atoms with Gasteiger partial charge in [0.05, 0.1) is 0 Å². The summed E-state index contributed by atoms with van der Waals surface area (Å²) < 4.78 is 0. The van der Waals surface area contributed by atoms with E-state index < -0.39 is 0 Å². The summed E-state index contributed by atoms with van der Waals surface area (Å²) in [7, 11) is 0. The van der Waals surface area contributed by atoms with E-state index in [1.165, 1.54) is 5.56 Å². The van der Waals surface area contributed by atoms with Crippen molar-refractivity contribution in [2.24, 2.45) is 0 Å². The molecule has 2 aromatic rings. The summed E-state index contributed by atoms with van der Waals surface area (Å²) >= 11 is 0. The smallest absolute Gasteiger partial charge is 0.275 e. The molecule has 1 aliphatic heterocycles. The molecule has 1 amide bonds. The molecule has 0 radical (unpaired) electrons. The van der Waals surface area contributed by atoms with Crippen LogP contribution in [0.1, 0.15) is 23.0 Å². The SMILES string of the molecule is CC1Cc2ccccc2N1C(=O)c1cc(N)c[nH]1. The number of benzene rings is 1. The molecule has 0 fully saturated rings. The molecule has 92 valence electrons. The highest BCUT2D eigenvalue weighted by Gasteiger charge is 2.31. The van der Waals surface area contributed by atoms with Crippen molar-refractivity contribution in [1.82, 2.24) is 4.98 Å². The van der Waals surface area contributed by atoms with Gasteiger partial charge < -0.3 is 15.6 Å². The molecule has 3 rings (SSSR count). The van der Waals surface area contributed by atoms with Gasteiger partial charge in [0.2, 0.25) is 0 Å². The van der Waals surface area contributed by atoms with E-state index in [1.807, 2.05) is 23.1 Å². The van der Waals surface area contributed by atoms with Crippen molar-refractivity contribution in [2.75, 3.05) is 10.6 Å². The van der Waals surface area contributed by atoms with Crippen molar-refractivity contribution in [3.8, 4) is 0 Å². The number of aromatic nitrogens is 1.